The van der Waals surface area contributed by atoms with E-state index >= 15 is 0 Å². The summed E-state index contributed by atoms with van der Waals surface area (Å²) in [6.07, 6.45) is -0.797. The van der Waals surface area contributed by atoms with Gasteiger partial charge in [-0.1, -0.05) is 23.7 Å². The molecule has 40 heavy (non-hydrogen) atoms. The molecule has 4 rings (SSSR count). The zero-order chi connectivity index (χ0) is 29.0. The van der Waals surface area contributed by atoms with E-state index in [0.717, 1.165) is 28.8 Å². The quantitative estimate of drug-likeness (QED) is 0.312. The van der Waals surface area contributed by atoms with Crippen LogP contribution in [0.3, 0.4) is 0 Å². The van der Waals surface area contributed by atoms with Crippen LogP contribution in [0.25, 0.3) is 11.1 Å². The molecule has 1 atom stereocenters. The fourth-order valence-electron chi connectivity index (χ4n) is 4.21. The minimum Gasteiger partial charge on any atom is -0.495 e. The summed E-state index contributed by atoms with van der Waals surface area (Å²) < 4.78 is 47.9. The first-order valence-electron chi connectivity index (χ1n) is 11.8. The number of methoxy groups -OCH3 is 1. The van der Waals surface area contributed by atoms with Crippen LogP contribution in [-0.4, -0.2) is 33.3 Å². The Kier molecular flexibility index (Phi) is 8.34. The van der Waals surface area contributed by atoms with Crippen molar-refractivity contribution in [3.63, 3.8) is 0 Å². The number of ketones is 1. The van der Waals surface area contributed by atoms with Crippen LogP contribution in [0.15, 0.2) is 78.0 Å². The molecule has 0 bridgehead atoms. The smallest absolute Gasteiger partial charge is 0.417 e. The summed E-state index contributed by atoms with van der Waals surface area (Å²) in [5.41, 5.74) is 4.01. The lowest BCUT2D eigenvalue weighted by Crippen LogP contribution is -2.32. The average Bonchev–Trinajstić information content (AvgIpc) is 2.92. The van der Waals surface area contributed by atoms with Crippen LogP contribution in [0.2, 0.25) is 5.02 Å². The Hall–Kier alpha value is -4.51. The lowest BCUT2D eigenvalue weighted by Gasteiger charge is -2.22. The fourth-order valence-corrected chi connectivity index (χ4v) is 4.38. The van der Waals surface area contributed by atoms with Crippen molar-refractivity contribution in [2.75, 3.05) is 7.11 Å². The molecule has 206 valence electrons. The lowest BCUT2D eigenvalue weighted by atomic mass is 9.97. The minimum atomic E-state index is -4.73. The maximum Gasteiger partial charge on any atom is 0.417 e. The standard InChI is InChI=1S/C28H22ClF3N4O4/c1-40-25-15-36(26(38)13-20(25)19-11-17(29)6-7-21(19)28(30,31)32)23(12-18-4-2-3-9-34-18)24(37)10-16-5-8-22(27(33)39)35-14-16/h2-9,11,13-15,23H,10,12H2,1H3,(H2,33,39). The van der Waals surface area contributed by atoms with Crippen molar-refractivity contribution >= 4 is 23.3 Å². The van der Waals surface area contributed by atoms with Gasteiger partial charge in [0.2, 0.25) is 0 Å². The summed E-state index contributed by atoms with van der Waals surface area (Å²) in [6, 6.07) is 10.9. The Bertz CT molecular complexity index is 1610. The SMILES string of the molecule is COc1cn(C(Cc2ccccn2)C(=O)Cc2ccc(C(N)=O)nc2)c(=O)cc1-c1cc(Cl)ccc1C(F)(F)F. The second kappa shape index (κ2) is 11.7. The minimum absolute atomic E-state index is 0.0137. The number of aromatic nitrogens is 3. The number of primary amides is 1. The van der Waals surface area contributed by atoms with E-state index in [9.17, 15) is 27.6 Å². The van der Waals surface area contributed by atoms with Gasteiger partial charge in [0, 0.05) is 47.6 Å². The Labute approximate surface area is 231 Å². The number of benzene rings is 1. The Morgan fingerprint density at radius 1 is 1.07 bits per heavy atom. The number of carbonyl (C=O) groups excluding carboxylic acids is 2. The summed E-state index contributed by atoms with van der Waals surface area (Å²) in [5.74, 6) is -1.20. The Morgan fingerprint density at radius 3 is 2.45 bits per heavy atom. The zero-order valence-corrected chi connectivity index (χ0v) is 21.7. The van der Waals surface area contributed by atoms with Crippen molar-refractivity contribution in [2.45, 2.75) is 25.1 Å². The molecule has 2 N–H and O–H groups in total. The summed E-state index contributed by atoms with van der Waals surface area (Å²) >= 11 is 6.00. The molecule has 1 amide bonds. The number of halogens is 4. The maximum atomic E-state index is 13.8. The molecule has 8 nitrogen and oxygen atoms in total. The molecular weight excluding hydrogens is 549 g/mol. The van der Waals surface area contributed by atoms with E-state index in [2.05, 4.69) is 9.97 Å². The molecule has 0 saturated carbocycles. The molecule has 0 radical (unpaired) electrons. The number of pyridine rings is 3. The maximum absolute atomic E-state index is 13.8. The second-order valence-corrected chi connectivity index (χ2v) is 9.23. The number of amides is 1. The molecule has 12 heteroatoms. The van der Waals surface area contributed by atoms with E-state index in [0.29, 0.717) is 11.3 Å². The molecule has 0 aliphatic carbocycles. The molecule has 1 unspecified atom stereocenters. The predicted octanol–water partition coefficient (Wildman–Crippen LogP) is 4.68. The van der Waals surface area contributed by atoms with Gasteiger partial charge in [-0.05, 0) is 47.5 Å². The van der Waals surface area contributed by atoms with E-state index in [4.69, 9.17) is 22.1 Å². The van der Waals surface area contributed by atoms with Gasteiger partial charge in [0.15, 0.2) is 5.78 Å². The Morgan fingerprint density at radius 2 is 1.85 bits per heavy atom. The highest BCUT2D eigenvalue weighted by Crippen LogP contribution is 2.41. The third-order valence-electron chi connectivity index (χ3n) is 6.13. The summed E-state index contributed by atoms with van der Waals surface area (Å²) in [7, 11) is 1.24. The van der Waals surface area contributed by atoms with Crippen molar-refractivity contribution < 1.29 is 27.5 Å². The van der Waals surface area contributed by atoms with Crippen LogP contribution in [0.1, 0.15) is 33.4 Å². The first-order valence-corrected chi connectivity index (χ1v) is 12.2. The number of nitrogens with two attached hydrogens (primary N) is 1. The summed E-state index contributed by atoms with van der Waals surface area (Å²) in [5, 5.41) is 0.0356. The van der Waals surface area contributed by atoms with Crippen LogP contribution < -0.4 is 16.0 Å². The molecule has 3 aromatic heterocycles. The first-order chi connectivity index (χ1) is 19.0. The highest BCUT2D eigenvalue weighted by Gasteiger charge is 2.35. The van der Waals surface area contributed by atoms with Crippen LogP contribution >= 0.6 is 11.6 Å². The number of ether oxygens (including phenoxy) is 1. The fraction of sp³-hybridized carbons (Fsp3) is 0.179. The van der Waals surface area contributed by atoms with Gasteiger partial charge < -0.3 is 15.0 Å². The predicted molar refractivity (Wildman–Crippen MR) is 141 cm³/mol. The van der Waals surface area contributed by atoms with Gasteiger partial charge >= 0.3 is 6.18 Å². The molecule has 1 aromatic carbocycles. The highest BCUT2D eigenvalue weighted by atomic mass is 35.5. The van der Waals surface area contributed by atoms with Crippen molar-refractivity contribution in [1.29, 1.82) is 0 Å². The second-order valence-electron chi connectivity index (χ2n) is 8.79. The molecule has 0 aliphatic heterocycles. The lowest BCUT2D eigenvalue weighted by molar-refractivity contribution is -0.137. The van der Waals surface area contributed by atoms with Crippen LogP contribution in [0, 0.1) is 0 Å². The van der Waals surface area contributed by atoms with Gasteiger partial charge in [0.1, 0.15) is 17.5 Å². The highest BCUT2D eigenvalue weighted by molar-refractivity contribution is 6.30. The molecule has 0 spiro atoms. The van der Waals surface area contributed by atoms with Gasteiger partial charge in [0.05, 0.1) is 18.9 Å². The third-order valence-corrected chi connectivity index (χ3v) is 6.37. The van der Waals surface area contributed by atoms with Crippen LogP contribution in [-0.2, 0) is 23.8 Å². The van der Waals surface area contributed by atoms with Crippen LogP contribution in [0.5, 0.6) is 5.75 Å². The molecule has 0 fully saturated rings. The number of Topliss-reactive ketones (excluding diaryl/α,β-unsaturated/α-hetero) is 1. The normalized spacial score (nSPS) is 12.1. The van der Waals surface area contributed by atoms with Crippen molar-refractivity contribution in [2.24, 2.45) is 5.73 Å². The average molecular weight is 571 g/mol. The summed E-state index contributed by atoms with van der Waals surface area (Å²) in [4.78, 5) is 46.5. The largest absolute Gasteiger partial charge is 0.495 e. The van der Waals surface area contributed by atoms with E-state index in [1.807, 2.05) is 0 Å². The number of alkyl halides is 3. The number of rotatable bonds is 9. The molecule has 0 saturated heterocycles. The first kappa shape index (κ1) is 28.5. The zero-order valence-electron chi connectivity index (χ0n) is 21.0. The monoisotopic (exact) mass is 570 g/mol. The van der Waals surface area contributed by atoms with E-state index in [1.54, 1.807) is 18.2 Å². The number of nitrogens with zero attached hydrogens (tertiary/aromatic N) is 3. The van der Waals surface area contributed by atoms with E-state index < -0.39 is 35.0 Å². The van der Waals surface area contributed by atoms with E-state index in [1.165, 1.54) is 37.8 Å². The molecular formula is C28H22ClF3N4O4. The van der Waals surface area contributed by atoms with Gasteiger partial charge in [-0.25, -0.2) is 0 Å². The number of hydrogen-bond donors (Lipinski definition) is 1. The summed E-state index contributed by atoms with van der Waals surface area (Å²) in [6.45, 7) is 0. The van der Waals surface area contributed by atoms with Gasteiger partial charge in [0.25, 0.3) is 11.5 Å². The number of carbonyl (C=O) groups is 2. The topological polar surface area (TPSA) is 117 Å². The number of hydrogen-bond acceptors (Lipinski definition) is 6. The molecule has 3 heterocycles. The van der Waals surface area contributed by atoms with Crippen molar-refractivity contribution in [3.05, 3.63) is 111 Å². The molecule has 4 aromatic rings. The van der Waals surface area contributed by atoms with Crippen molar-refractivity contribution in [3.8, 4) is 16.9 Å². The third kappa shape index (κ3) is 6.37. The molecule has 0 aliphatic rings. The van der Waals surface area contributed by atoms with E-state index in [-0.39, 0.29) is 40.4 Å². The van der Waals surface area contributed by atoms with Crippen molar-refractivity contribution in [1.82, 2.24) is 14.5 Å². The van der Waals surface area contributed by atoms with Gasteiger partial charge in [-0.15, -0.1) is 0 Å². The van der Waals surface area contributed by atoms with Gasteiger partial charge in [-0.2, -0.15) is 13.2 Å². The van der Waals surface area contributed by atoms with Gasteiger partial charge in [-0.3, -0.25) is 24.4 Å². The Balaban J connectivity index is 1.80. The van der Waals surface area contributed by atoms with Crippen LogP contribution in [0.4, 0.5) is 13.2 Å².